The zero-order valence-corrected chi connectivity index (χ0v) is 13.2. The molecule has 1 aliphatic rings. The maximum Gasteiger partial charge on any atom is 0.366 e. The van der Waals surface area contributed by atoms with Gasteiger partial charge in [-0.3, -0.25) is 0 Å². The molecular weight excluding hydrogens is 283 g/mol. The Labute approximate surface area is 131 Å². The summed E-state index contributed by atoms with van der Waals surface area (Å²) in [5, 5.41) is 0. The summed E-state index contributed by atoms with van der Waals surface area (Å²) in [7, 11) is 0. The van der Waals surface area contributed by atoms with E-state index >= 15 is 0 Å². The van der Waals surface area contributed by atoms with Gasteiger partial charge in [0.2, 0.25) is 5.83 Å². The largest absolute Gasteiger partial charge is 0.494 e. The van der Waals surface area contributed by atoms with Crippen LogP contribution in [0.1, 0.15) is 32.3 Å². The van der Waals surface area contributed by atoms with E-state index in [2.05, 4.69) is 16.9 Å². The normalized spacial score (nSPS) is 20.6. The zero-order valence-electron chi connectivity index (χ0n) is 13.2. The number of hydrogen-bond donors (Lipinski definition) is 0. The maximum absolute atomic E-state index is 13.5. The standard InChI is InChI=1S/C18H23FO3/c1-3-21-16-9-6-13(7-10-16)5-8-14-11-15(14)12-17(19)18(20)22-4-2/h6-7,9-10,12,14-15H,3-5,8,11H2,1-2H3/b17-12-. The smallest absolute Gasteiger partial charge is 0.366 e. The first kappa shape index (κ1) is 16.5. The second kappa shape index (κ2) is 7.97. The topological polar surface area (TPSA) is 35.5 Å². The van der Waals surface area contributed by atoms with Gasteiger partial charge < -0.3 is 9.47 Å². The fraction of sp³-hybridized carbons (Fsp3) is 0.500. The fourth-order valence-corrected chi connectivity index (χ4v) is 2.53. The average molecular weight is 306 g/mol. The Bertz CT molecular complexity index is 522. The molecule has 0 spiro atoms. The lowest BCUT2D eigenvalue weighted by Gasteiger charge is -2.04. The van der Waals surface area contributed by atoms with Crippen molar-refractivity contribution >= 4 is 5.97 Å². The molecule has 2 rings (SSSR count). The summed E-state index contributed by atoms with van der Waals surface area (Å²) in [6.45, 7) is 4.50. The molecule has 0 radical (unpaired) electrons. The summed E-state index contributed by atoms with van der Waals surface area (Å²) in [6.07, 6.45) is 4.33. The molecule has 1 saturated carbocycles. The number of carbonyl (C=O) groups is 1. The minimum Gasteiger partial charge on any atom is -0.494 e. The van der Waals surface area contributed by atoms with Crippen molar-refractivity contribution in [1.82, 2.24) is 0 Å². The molecule has 4 heteroatoms. The highest BCUT2D eigenvalue weighted by molar-refractivity contribution is 5.86. The number of ether oxygens (including phenoxy) is 2. The van der Waals surface area contributed by atoms with E-state index in [9.17, 15) is 9.18 Å². The van der Waals surface area contributed by atoms with E-state index < -0.39 is 11.8 Å². The highest BCUT2D eigenvalue weighted by atomic mass is 19.1. The van der Waals surface area contributed by atoms with Gasteiger partial charge in [0.15, 0.2) is 0 Å². The van der Waals surface area contributed by atoms with Crippen LogP contribution < -0.4 is 4.74 Å². The molecule has 0 saturated heterocycles. The van der Waals surface area contributed by atoms with Crippen LogP contribution in [0.2, 0.25) is 0 Å². The van der Waals surface area contributed by atoms with Gasteiger partial charge in [0.25, 0.3) is 0 Å². The third-order valence-corrected chi connectivity index (χ3v) is 3.85. The van der Waals surface area contributed by atoms with Gasteiger partial charge in [-0.2, -0.15) is 4.39 Å². The van der Waals surface area contributed by atoms with E-state index in [4.69, 9.17) is 4.74 Å². The van der Waals surface area contributed by atoms with E-state index in [1.807, 2.05) is 19.1 Å². The molecule has 0 amide bonds. The molecular formula is C18H23FO3. The summed E-state index contributed by atoms with van der Waals surface area (Å²) >= 11 is 0. The second-order valence-corrected chi connectivity index (χ2v) is 5.51. The van der Waals surface area contributed by atoms with Crippen LogP contribution in [0.4, 0.5) is 4.39 Å². The lowest BCUT2D eigenvalue weighted by Crippen LogP contribution is -2.04. The van der Waals surface area contributed by atoms with E-state index in [-0.39, 0.29) is 12.5 Å². The minimum absolute atomic E-state index is 0.173. The first-order chi connectivity index (χ1) is 10.6. The Morgan fingerprint density at radius 2 is 2.00 bits per heavy atom. The van der Waals surface area contributed by atoms with Crippen LogP contribution in [-0.4, -0.2) is 19.2 Å². The fourth-order valence-electron chi connectivity index (χ4n) is 2.53. The zero-order chi connectivity index (χ0) is 15.9. The highest BCUT2D eigenvalue weighted by Gasteiger charge is 2.35. The average Bonchev–Trinajstić information content (AvgIpc) is 3.25. The Kier molecular flexibility index (Phi) is 5.99. The Balaban J connectivity index is 1.75. The van der Waals surface area contributed by atoms with Crippen molar-refractivity contribution < 1.29 is 18.7 Å². The molecule has 0 heterocycles. The molecule has 2 atom stereocenters. The number of allylic oxidation sites excluding steroid dienone is 1. The Morgan fingerprint density at radius 3 is 2.64 bits per heavy atom. The number of benzene rings is 1. The summed E-state index contributed by atoms with van der Waals surface area (Å²) in [5.74, 6) is -0.0797. The van der Waals surface area contributed by atoms with Crippen LogP contribution in [0.15, 0.2) is 36.2 Å². The SMILES string of the molecule is CCOC(=O)/C(F)=C/C1CC1CCc1ccc(OCC)cc1. The van der Waals surface area contributed by atoms with Crippen molar-refractivity contribution in [3.05, 3.63) is 41.7 Å². The Hall–Kier alpha value is -1.84. The first-order valence-corrected chi connectivity index (χ1v) is 7.90. The summed E-state index contributed by atoms with van der Waals surface area (Å²) < 4.78 is 23.5. The van der Waals surface area contributed by atoms with E-state index in [1.54, 1.807) is 6.92 Å². The van der Waals surface area contributed by atoms with Crippen LogP contribution in [0, 0.1) is 11.8 Å². The van der Waals surface area contributed by atoms with Crippen molar-refractivity contribution in [2.45, 2.75) is 33.1 Å². The highest BCUT2D eigenvalue weighted by Crippen LogP contribution is 2.43. The first-order valence-electron chi connectivity index (χ1n) is 7.90. The van der Waals surface area contributed by atoms with Gasteiger partial charge in [-0.05, 0) is 68.7 Å². The van der Waals surface area contributed by atoms with Crippen molar-refractivity contribution in [2.75, 3.05) is 13.2 Å². The maximum atomic E-state index is 13.5. The van der Waals surface area contributed by atoms with Crippen LogP contribution >= 0.6 is 0 Å². The van der Waals surface area contributed by atoms with Crippen LogP contribution in [0.5, 0.6) is 5.75 Å². The van der Waals surface area contributed by atoms with Crippen LogP contribution in [0.3, 0.4) is 0 Å². The molecule has 2 unspecified atom stereocenters. The molecule has 120 valence electrons. The lowest BCUT2D eigenvalue weighted by molar-refractivity contribution is -0.140. The molecule has 1 aromatic carbocycles. The number of aryl methyl sites for hydroxylation is 1. The van der Waals surface area contributed by atoms with E-state index in [0.29, 0.717) is 12.5 Å². The monoisotopic (exact) mass is 306 g/mol. The number of halogens is 1. The number of esters is 1. The van der Waals surface area contributed by atoms with Gasteiger partial charge in [-0.15, -0.1) is 0 Å². The van der Waals surface area contributed by atoms with Gasteiger partial charge in [-0.1, -0.05) is 12.1 Å². The van der Waals surface area contributed by atoms with Crippen molar-refractivity contribution in [3.8, 4) is 5.75 Å². The molecule has 0 N–H and O–H groups in total. The summed E-state index contributed by atoms with van der Waals surface area (Å²) in [6, 6.07) is 8.09. The minimum atomic E-state index is -0.848. The van der Waals surface area contributed by atoms with Gasteiger partial charge in [0, 0.05) is 0 Å². The molecule has 1 aliphatic carbocycles. The van der Waals surface area contributed by atoms with Gasteiger partial charge in [-0.25, -0.2) is 4.79 Å². The van der Waals surface area contributed by atoms with Crippen LogP contribution in [-0.2, 0) is 16.0 Å². The number of hydrogen-bond acceptors (Lipinski definition) is 3. The molecule has 22 heavy (non-hydrogen) atoms. The number of carbonyl (C=O) groups excluding carboxylic acids is 1. The van der Waals surface area contributed by atoms with Crippen LogP contribution in [0.25, 0.3) is 0 Å². The third kappa shape index (κ3) is 4.86. The summed E-state index contributed by atoms with van der Waals surface area (Å²) in [4.78, 5) is 11.2. The second-order valence-electron chi connectivity index (χ2n) is 5.51. The Morgan fingerprint density at radius 1 is 1.27 bits per heavy atom. The number of rotatable bonds is 8. The van der Waals surface area contributed by atoms with E-state index in [1.165, 1.54) is 11.6 Å². The quantitative estimate of drug-likeness (QED) is 0.536. The van der Waals surface area contributed by atoms with Crippen molar-refractivity contribution in [2.24, 2.45) is 11.8 Å². The van der Waals surface area contributed by atoms with Gasteiger partial charge in [0.05, 0.1) is 13.2 Å². The molecule has 1 aromatic rings. The molecule has 1 fully saturated rings. The molecule has 0 aromatic heterocycles. The molecule has 3 nitrogen and oxygen atoms in total. The van der Waals surface area contributed by atoms with Gasteiger partial charge in [0.1, 0.15) is 5.75 Å². The predicted molar refractivity (Wildman–Crippen MR) is 83.4 cm³/mol. The van der Waals surface area contributed by atoms with Gasteiger partial charge >= 0.3 is 5.97 Å². The van der Waals surface area contributed by atoms with Crippen molar-refractivity contribution in [1.29, 1.82) is 0 Å². The summed E-state index contributed by atoms with van der Waals surface area (Å²) in [5.41, 5.74) is 1.25. The molecule has 0 aliphatic heterocycles. The molecule has 0 bridgehead atoms. The predicted octanol–water partition coefficient (Wildman–Crippen LogP) is 4.07. The third-order valence-electron chi connectivity index (χ3n) is 3.85. The van der Waals surface area contributed by atoms with E-state index in [0.717, 1.165) is 25.0 Å². The van der Waals surface area contributed by atoms with Crippen molar-refractivity contribution in [3.63, 3.8) is 0 Å². The lowest BCUT2D eigenvalue weighted by atomic mass is 10.1.